The molecule has 0 saturated heterocycles. The Kier molecular flexibility index (Phi) is 4.64. The molecule has 0 spiro atoms. The van der Waals surface area contributed by atoms with Crippen molar-refractivity contribution in [1.82, 2.24) is 0 Å². The summed E-state index contributed by atoms with van der Waals surface area (Å²) in [5.41, 5.74) is 1.85. The molecule has 0 unspecified atom stereocenters. The fraction of sp³-hybridized carbons (Fsp3) is 0.529. The zero-order valence-corrected chi connectivity index (χ0v) is 12.2. The average molecular weight is 267 g/mol. The Bertz CT molecular complexity index is 540. The van der Waals surface area contributed by atoms with Gasteiger partial charge in [-0.25, -0.2) is 0 Å². The first-order valence-electron chi connectivity index (χ1n) is 7.34. The van der Waals surface area contributed by atoms with E-state index in [2.05, 4.69) is 25.2 Å². The number of rotatable bonds is 3. The molecule has 1 N–H and O–H groups in total. The molecule has 1 saturated carbocycles. The molecular formula is C17H21N3. The predicted molar refractivity (Wildman–Crippen MR) is 80.1 cm³/mol. The maximum Gasteiger partial charge on any atom is 0.101 e. The molecule has 0 heterocycles. The smallest absolute Gasteiger partial charge is 0.101 e. The second kappa shape index (κ2) is 6.44. The summed E-state index contributed by atoms with van der Waals surface area (Å²) in [6, 6.07) is 10.0. The molecule has 0 atom stereocenters. The van der Waals surface area contributed by atoms with Gasteiger partial charge in [0.25, 0.3) is 0 Å². The minimum atomic E-state index is 0.446. The van der Waals surface area contributed by atoms with Crippen molar-refractivity contribution < 1.29 is 0 Å². The molecule has 1 aliphatic carbocycles. The summed E-state index contributed by atoms with van der Waals surface area (Å²) in [5.74, 6) is 1.62. The largest absolute Gasteiger partial charge is 0.382 e. The molecule has 0 aromatic heterocycles. The summed E-state index contributed by atoms with van der Waals surface area (Å²) in [4.78, 5) is 0. The van der Waals surface area contributed by atoms with Crippen molar-refractivity contribution in [2.75, 3.05) is 5.32 Å². The van der Waals surface area contributed by atoms with Crippen molar-refractivity contribution in [2.45, 2.75) is 45.6 Å². The van der Waals surface area contributed by atoms with Crippen LogP contribution in [0.5, 0.6) is 0 Å². The van der Waals surface area contributed by atoms with Gasteiger partial charge in [-0.15, -0.1) is 0 Å². The van der Waals surface area contributed by atoms with Gasteiger partial charge in [0, 0.05) is 11.7 Å². The van der Waals surface area contributed by atoms with Crippen LogP contribution in [-0.2, 0) is 0 Å². The maximum absolute atomic E-state index is 9.05. The highest BCUT2D eigenvalue weighted by Crippen LogP contribution is 2.31. The fourth-order valence-corrected chi connectivity index (χ4v) is 2.99. The van der Waals surface area contributed by atoms with E-state index in [1.165, 1.54) is 25.7 Å². The second-order valence-electron chi connectivity index (χ2n) is 5.98. The van der Waals surface area contributed by atoms with Crippen LogP contribution in [0, 0.1) is 34.5 Å². The lowest BCUT2D eigenvalue weighted by molar-refractivity contribution is 0.267. The molecule has 20 heavy (non-hydrogen) atoms. The summed E-state index contributed by atoms with van der Waals surface area (Å²) in [5, 5.41) is 21.5. The number of benzene rings is 1. The van der Waals surface area contributed by atoms with Crippen LogP contribution in [0.1, 0.15) is 50.7 Å². The summed E-state index contributed by atoms with van der Waals surface area (Å²) in [6.45, 7) is 4.61. The van der Waals surface area contributed by atoms with Gasteiger partial charge in [0.2, 0.25) is 0 Å². The van der Waals surface area contributed by atoms with E-state index < -0.39 is 0 Å². The van der Waals surface area contributed by atoms with Gasteiger partial charge in [-0.3, -0.25) is 0 Å². The molecule has 3 nitrogen and oxygen atoms in total. The van der Waals surface area contributed by atoms with E-state index in [4.69, 9.17) is 10.5 Å². The zero-order valence-electron chi connectivity index (χ0n) is 12.2. The summed E-state index contributed by atoms with van der Waals surface area (Å²) >= 11 is 0. The normalized spacial score (nSPS) is 22.1. The SMILES string of the molecule is CC(C)C1CCC(Nc2ccc(C#N)c(C#N)c2)CC1. The molecule has 0 aliphatic heterocycles. The van der Waals surface area contributed by atoms with E-state index in [0.717, 1.165) is 17.5 Å². The standard InChI is InChI=1S/C17H21N3/c1-12(2)13-3-6-16(7-4-13)20-17-8-5-14(10-18)15(9-17)11-19/h5,8-9,12-13,16,20H,3-4,6-7H2,1-2H3. The molecule has 0 amide bonds. The zero-order chi connectivity index (χ0) is 14.5. The molecule has 2 rings (SSSR count). The van der Waals surface area contributed by atoms with Crippen LogP contribution in [0.25, 0.3) is 0 Å². The second-order valence-corrected chi connectivity index (χ2v) is 5.98. The van der Waals surface area contributed by atoms with Crippen LogP contribution in [0.2, 0.25) is 0 Å². The fourth-order valence-electron chi connectivity index (χ4n) is 2.99. The molecule has 1 aromatic rings. The maximum atomic E-state index is 9.05. The highest BCUT2D eigenvalue weighted by molar-refractivity contribution is 5.56. The van der Waals surface area contributed by atoms with Gasteiger partial charge in [0.05, 0.1) is 11.1 Å². The van der Waals surface area contributed by atoms with Gasteiger partial charge < -0.3 is 5.32 Å². The molecule has 1 fully saturated rings. The third kappa shape index (κ3) is 3.31. The summed E-state index contributed by atoms with van der Waals surface area (Å²) in [7, 11) is 0. The van der Waals surface area contributed by atoms with Gasteiger partial charge in [0.15, 0.2) is 0 Å². The Hall–Kier alpha value is -2.00. The molecule has 1 aromatic carbocycles. The van der Waals surface area contributed by atoms with Crippen LogP contribution >= 0.6 is 0 Å². The highest BCUT2D eigenvalue weighted by atomic mass is 14.9. The first-order valence-corrected chi connectivity index (χ1v) is 7.34. The Balaban J connectivity index is 1.99. The Morgan fingerprint density at radius 3 is 2.25 bits per heavy atom. The predicted octanol–water partition coefficient (Wildman–Crippen LogP) is 4.06. The minimum absolute atomic E-state index is 0.446. The lowest BCUT2D eigenvalue weighted by atomic mass is 9.79. The number of nitriles is 2. The third-order valence-corrected chi connectivity index (χ3v) is 4.35. The average Bonchev–Trinajstić information content (AvgIpc) is 2.47. The van der Waals surface area contributed by atoms with Crippen molar-refractivity contribution in [1.29, 1.82) is 10.5 Å². The van der Waals surface area contributed by atoms with Gasteiger partial charge in [-0.05, 0) is 55.7 Å². The lowest BCUT2D eigenvalue weighted by Crippen LogP contribution is -2.27. The first-order chi connectivity index (χ1) is 9.63. The van der Waals surface area contributed by atoms with Gasteiger partial charge >= 0.3 is 0 Å². The molecule has 0 bridgehead atoms. The Morgan fingerprint density at radius 1 is 1.05 bits per heavy atom. The summed E-state index contributed by atoms with van der Waals surface area (Å²) in [6.07, 6.45) is 4.92. The van der Waals surface area contributed by atoms with E-state index >= 15 is 0 Å². The molecular weight excluding hydrogens is 246 g/mol. The number of hydrogen-bond acceptors (Lipinski definition) is 3. The van der Waals surface area contributed by atoms with Gasteiger partial charge in [-0.2, -0.15) is 10.5 Å². The van der Waals surface area contributed by atoms with E-state index in [9.17, 15) is 0 Å². The van der Waals surface area contributed by atoms with Crippen LogP contribution in [-0.4, -0.2) is 6.04 Å². The number of anilines is 1. The van der Waals surface area contributed by atoms with Crippen molar-refractivity contribution in [3.8, 4) is 12.1 Å². The quantitative estimate of drug-likeness (QED) is 0.898. The van der Waals surface area contributed by atoms with Crippen molar-refractivity contribution >= 4 is 5.69 Å². The monoisotopic (exact) mass is 267 g/mol. The van der Waals surface area contributed by atoms with Crippen LogP contribution in [0.3, 0.4) is 0 Å². The van der Waals surface area contributed by atoms with E-state index in [1.807, 2.05) is 12.1 Å². The topological polar surface area (TPSA) is 59.6 Å². The van der Waals surface area contributed by atoms with Crippen molar-refractivity contribution in [3.63, 3.8) is 0 Å². The number of nitrogens with one attached hydrogen (secondary N) is 1. The van der Waals surface area contributed by atoms with E-state index in [1.54, 1.807) is 12.1 Å². The van der Waals surface area contributed by atoms with Gasteiger partial charge in [-0.1, -0.05) is 13.8 Å². The Morgan fingerprint density at radius 2 is 1.70 bits per heavy atom. The molecule has 0 radical (unpaired) electrons. The van der Waals surface area contributed by atoms with Crippen LogP contribution in [0.15, 0.2) is 18.2 Å². The number of hydrogen-bond donors (Lipinski definition) is 1. The van der Waals surface area contributed by atoms with Crippen molar-refractivity contribution in [3.05, 3.63) is 29.3 Å². The van der Waals surface area contributed by atoms with Crippen LogP contribution < -0.4 is 5.32 Å². The highest BCUT2D eigenvalue weighted by Gasteiger charge is 2.23. The first kappa shape index (κ1) is 14.4. The van der Waals surface area contributed by atoms with Crippen molar-refractivity contribution in [2.24, 2.45) is 11.8 Å². The van der Waals surface area contributed by atoms with Gasteiger partial charge in [0.1, 0.15) is 12.1 Å². The summed E-state index contributed by atoms with van der Waals surface area (Å²) < 4.78 is 0. The lowest BCUT2D eigenvalue weighted by Gasteiger charge is -2.31. The molecule has 1 aliphatic rings. The minimum Gasteiger partial charge on any atom is -0.382 e. The third-order valence-electron chi connectivity index (χ3n) is 4.35. The van der Waals surface area contributed by atoms with Crippen LogP contribution in [0.4, 0.5) is 5.69 Å². The van der Waals surface area contributed by atoms with E-state index in [-0.39, 0.29) is 0 Å². The molecule has 104 valence electrons. The molecule has 3 heteroatoms. The Labute approximate surface area is 121 Å². The van der Waals surface area contributed by atoms with E-state index in [0.29, 0.717) is 17.2 Å². The number of nitrogens with zero attached hydrogens (tertiary/aromatic N) is 2.